The number of nitrogens with one attached hydrogen (secondary N) is 1. The first-order chi connectivity index (χ1) is 7.65. The molecule has 1 N–H and O–H groups in total. The van der Waals surface area contributed by atoms with Gasteiger partial charge in [0.05, 0.1) is 5.69 Å². The Labute approximate surface area is 100 Å². The van der Waals surface area contributed by atoms with Crippen LogP contribution in [0.4, 0.5) is 6.01 Å². The van der Waals surface area contributed by atoms with Gasteiger partial charge >= 0.3 is 6.01 Å². The molecule has 0 saturated heterocycles. The Morgan fingerprint density at radius 1 is 1.44 bits per heavy atom. The minimum Gasteiger partial charge on any atom is -0.432 e. The van der Waals surface area contributed by atoms with E-state index in [1.165, 1.54) is 6.26 Å². The molecule has 0 spiro atoms. The van der Waals surface area contributed by atoms with Crippen molar-refractivity contribution in [3.8, 4) is 0 Å². The number of aromatic nitrogens is 2. The zero-order valence-corrected chi connectivity index (χ0v) is 9.98. The summed E-state index contributed by atoms with van der Waals surface area (Å²) < 4.78 is 5.60. The van der Waals surface area contributed by atoms with Crippen molar-refractivity contribution in [1.82, 2.24) is 9.97 Å². The second-order valence-corrected chi connectivity index (χ2v) is 3.91. The summed E-state index contributed by atoms with van der Waals surface area (Å²) in [7, 11) is 0. The molecule has 2 aromatic heterocycles. The van der Waals surface area contributed by atoms with Crippen LogP contribution < -0.4 is 5.32 Å². The van der Waals surface area contributed by atoms with E-state index in [1.807, 2.05) is 0 Å². The van der Waals surface area contributed by atoms with E-state index < -0.39 is 0 Å². The maximum absolute atomic E-state index is 11.7. The van der Waals surface area contributed by atoms with Gasteiger partial charge in [-0.15, -0.1) is 0 Å². The van der Waals surface area contributed by atoms with Gasteiger partial charge in [-0.2, -0.15) is 4.98 Å². The van der Waals surface area contributed by atoms with Crippen LogP contribution in [-0.2, 0) is 0 Å². The standard InChI is InChI=1S/C10H8BrN3O2/c1-6-5-16-10(12-6)14-9(15)7-3-2-4-8(11)13-7/h2-5H,1H3,(H,12,14,15). The first-order valence-corrected chi connectivity index (χ1v) is 5.30. The lowest BCUT2D eigenvalue weighted by Gasteiger charge is -1.99. The van der Waals surface area contributed by atoms with Crippen LogP contribution in [0.3, 0.4) is 0 Å². The molecule has 0 aromatic carbocycles. The number of amides is 1. The van der Waals surface area contributed by atoms with Gasteiger partial charge in [0.1, 0.15) is 16.6 Å². The van der Waals surface area contributed by atoms with Gasteiger partial charge in [-0.3, -0.25) is 10.1 Å². The Morgan fingerprint density at radius 2 is 2.25 bits per heavy atom. The summed E-state index contributed by atoms with van der Waals surface area (Å²) in [6, 6.07) is 5.25. The van der Waals surface area contributed by atoms with Crippen molar-refractivity contribution in [1.29, 1.82) is 0 Å². The predicted octanol–water partition coefficient (Wildman–Crippen LogP) is 2.39. The maximum atomic E-state index is 11.7. The monoisotopic (exact) mass is 281 g/mol. The molecule has 82 valence electrons. The van der Waals surface area contributed by atoms with Crippen LogP contribution in [0.2, 0.25) is 0 Å². The SMILES string of the molecule is Cc1coc(NC(=O)c2cccc(Br)n2)n1. The Hall–Kier alpha value is -1.69. The van der Waals surface area contributed by atoms with Crippen LogP contribution in [0.15, 0.2) is 33.5 Å². The fraction of sp³-hybridized carbons (Fsp3) is 0.100. The number of oxazole rings is 1. The maximum Gasteiger partial charge on any atom is 0.301 e. The van der Waals surface area contributed by atoms with E-state index in [1.54, 1.807) is 25.1 Å². The van der Waals surface area contributed by atoms with Crippen LogP contribution in [0, 0.1) is 6.92 Å². The highest BCUT2D eigenvalue weighted by molar-refractivity contribution is 9.10. The minimum absolute atomic E-state index is 0.171. The molecular weight excluding hydrogens is 274 g/mol. The molecule has 16 heavy (non-hydrogen) atoms. The normalized spacial score (nSPS) is 10.1. The quantitative estimate of drug-likeness (QED) is 0.859. The van der Waals surface area contributed by atoms with Gasteiger partial charge in [-0.25, -0.2) is 4.98 Å². The number of hydrogen-bond acceptors (Lipinski definition) is 4. The predicted molar refractivity (Wildman–Crippen MR) is 61.1 cm³/mol. The third-order valence-electron chi connectivity index (χ3n) is 1.79. The van der Waals surface area contributed by atoms with E-state index in [-0.39, 0.29) is 11.9 Å². The highest BCUT2D eigenvalue weighted by Gasteiger charge is 2.10. The fourth-order valence-electron chi connectivity index (χ4n) is 1.11. The van der Waals surface area contributed by atoms with E-state index in [9.17, 15) is 4.79 Å². The lowest BCUT2D eigenvalue weighted by atomic mass is 10.3. The molecule has 0 saturated carbocycles. The smallest absolute Gasteiger partial charge is 0.301 e. The van der Waals surface area contributed by atoms with E-state index in [0.29, 0.717) is 16.0 Å². The molecular formula is C10H8BrN3O2. The summed E-state index contributed by atoms with van der Waals surface area (Å²) in [4.78, 5) is 19.7. The zero-order valence-electron chi connectivity index (χ0n) is 8.40. The summed E-state index contributed by atoms with van der Waals surface area (Å²) in [5.74, 6) is -0.358. The summed E-state index contributed by atoms with van der Waals surface area (Å²) in [6.07, 6.45) is 1.46. The first-order valence-electron chi connectivity index (χ1n) is 4.51. The topological polar surface area (TPSA) is 68.0 Å². The molecule has 0 bridgehead atoms. The van der Waals surface area contributed by atoms with Crippen molar-refractivity contribution in [2.45, 2.75) is 6.92 Å². The number of aryl methyl sites for hydroxylation is 1. The molecule has 2 heterocycles. The second kappa shape index (κ2) is 4.44. The second-order valence-electron chi connectivity index (χ2n) is 3.09. The summed E-state index contributed by atoms with van der Waals surface area (Å²) in [5, 5.41) is 2.51. The molecule has 2 aromatic rings. The van der Waals surface area contributed by atoms with Crippen molar-refractivity contribution in [3.05, 3.63) is 40.5 Å². The third-order valence-corrected chi connectivity index (χ3v) is 2.23. The van der Waals surface area contributed by atoms with Gasteiger partial charge in [-0.05, 0) is 35.0 Å². The van der Waals surface area contributed by atoms with Gasteiger partial charge in [0.2, 0.25) is 0 Å². The fourth-order valence-corrected chi connectivity index (χ4v) is 1.45. The van der Waals surface area contributed by atoms with Crippen LogP contribution in [0.25, 0.3) is 0 Å². The third kappa shape index (κ3) is 2.46. The molecule has 0 fully saturated rings. The van der Waals surface area contributed by atoms with Crippen molar-refractivity contribution in [2.24, 2.45) is 0 Å². The molecule has 1 amide bonds. The van der Waals surface area contributed by atoms with Crippen LogP contribution in [0.1, 0.15) is 16.2 Å². The summed E-state index contributed by atoms with van der Waals surface area (Å²) >= 11 is 3.19. The molecule has 2 rings (SSSR count). The molecule has 0 radical (unpaired) electrons. The van der Waals surface area contributed by atoms with Crippen LogP contribution in [-0.4, -0.2) is 15.9 Å². The Balaban J connectivity index is 2.14. The van der Waals surface area contributed by atoms with E-state index in [2.05, 4.69) is 31.2 Å². The van der Waals surface area contributed by atoms with Gasteiger partial charge < -0.3 is 4.42 Å². The first kappa shape index (κ1) is 10.8. The molecule has 0 unspecified atom stereocenters. The van der Waals surface area contributed by atoms with E-state index in [4.69, 9.17) is 4.42 Å². The van der Waals surface area contributed by atoms with E-state index >= 15 is 0 Å². The van der Waals surface area contributed by atoms with Crippen LogP contribution >= 0.6 is 15.9 Å². The molecule has 0 aliphatic heterocycles. The van der Waals surface area contributed by atoms with Gasteiger partial charge in [0, 0.05) is 0 Å². The molecule has 0 atom stereocenters. The summed E-state index contributed by atoms with van der Waals surface area (Å²) in [6.45, 7) is 1.77. The van der Waals surface area contributed by atoms with Crippen molar-refractivity contribution in [2.75, 3.05) is 5.32 Å². The number of hydrogen-bond donors (Lipinski definition) is 1. The van der Waals surface area contributed by atoms with Gasteiger partial charge in [0.25, 0.3) is 5.91 Å². The highest BCUT2D eigenvalue weighted by Crippen LogP contribution is 2.10. The zero-order chi connectivity index (χ0) is 11.5. The van der Waals surface area contributed by atoms with Gasteiger partial charge in [0.15, 0.2) is 0 Å². The Kier molecular flexibility index (Phi) is 3.00. The number of rotatable bonds is 2. The van der Waals surface area contributed by atoms with Gasteiger partial charge in [-0.1, -0.05) is 6.07 Å². The van der Waals surface area contributed by atoms with E-state index in [0.717, 1.165) is 0 Å². The number of nitrogens with zero attached hydrogens (tertiary/aromatic N) is 2. The number of pyridine rings is 1. The van der Waals surface area contributed by atoms with Crippen molar-refractivity contribution in [3.63, 3.8) is 0 Å². The number of halogens is 1. The lowest BCUT2D eigenvalue weighted by Crippen LogP contribution is -2.13. The van der Waals surface area contributed by atoms with Crippen molar-refractivity contribution >= 4 is 27.9 Å². The van der Waals surface area contributed by atoms with Crippen molar-refractivity contribution < 1.29 is 9.21 Å². The average Bonchev–Trinajstić information content (AvgIpc) is 2.64. The molecule has 0 aliphatic rings. The minimum atomic E-state index is -0.358. The van der Waals surface area contributed by atoms with Crippen LogP contribution in [0.5, 0.6) is 0 Å². The Morgan fingerprint density at radius 3 is 2.88 bits per heavy atom. The Bertz CT molecular complexity index is 524. The average molecular weight is 282 g/mol. The number of anilines is 1. The number of carbonyl (C=O) groups excluding carboxylic acids is 1. The number of carbonyl (C=O) groups is 1. The molecule has 0 aliphatic carbocycles. The highest BCUT2D eigenvalue weighted by atomic mass is 79.9. The lowest BCUT2D eigenvalue weighted by molar-refractivity contribution is 0.101. The molecule has 6 heteroatoms. The molecule has 5 nitrogen and oxygen atoms in total. The largest absolute Gasteiger partial charge is 0.432 e. The summed E-state index contributed by atoms with van der Waals surface area (Å²) in [5.41, 5.74) is 1.00.